The van der Waals surface area contributed by atoms with Gasteiger partial charge in [-0.2, -0.15) is 0 Å². The fraction of sp³-hybridized carbons (Fsp3) is 0.0357. The maximum atomic E-state index is 10.9. The van der Waals surface area contributed by atoms with Crippen molar-refractivity contribution in [2.75, 3.05) is 0 Å². The number of ketones is 1. The molecule has 0 heterocycles. The quantitative estimate of drug-likeness (QED) is 0.136. The maximum absolute atomic E-state index is 10.9. The molecule has 0 aliphatic rings. The van der Waals surface area contributed by atoms with Gasteiger partial charge in [0, 0.05) is 0 Å². The fourth-order valence-corrected chi connectivity index (χ4v) is 5.63. The number of hydrogen-bond acceptors (Lipinski definition) is 1. The first-order chi connectivity index (χ1) is 15.2. The molecule has 0 aliphatic heterocycles. The Hall–Kier alpha value is -2.72. The van der Waals surface area contributed by atoms with Gasteiger partial charge < -0.3 is 0 Å². The van der Waals surface area contributed by atoms with Gasteiger partial charge in [0.2, 0.25) is 0 Å². The molecule has 0 atom stereocenters. The minimum Gasteiger partial charge on any atom is -0.0622 e. The van der Waals surface area contributed by atoms with E-state index in [0.29, 0.717) is 0 Å². The van der Waals surface area contributed by atoms with E-state index >= 15 is 0 Å². The fourth-order valence-electron chi connectivity index (χ4n) is 3.01. The molecular formula is C28H22AuOP. The van der Waals surface area contributed by atoms with Crippen LogP contribution in [0.3, 0.4) is 0 Å². The predicted molar refractivity (Wildman–Crippen MR) is 128 cm³/mol. The summed E-state index contributed by atoms with van der Waals surface area (Å²) in [6.07, 6.45) is 0. The van der Waals surface area contributed by atoms with Crippen LogP contribution in [0.5, 0.6) is 0 Å². The summed E-state index contributed by atoms with van der Waals surface area (Å²) in [5.74, 6) is 2.97. The number of rotatable bonds is 4. The SMILES string of the molecule is CC(=O)c1ccc(C#[C][Au])cc1.c1ccc(P(c2ccccc2)c2ccccc2)cc1. The maximum Gasteiger partial charge on any atom is -0.0134 e. The van der Waals surface area contributed by atoms with E-state index in [4.69, 9.17) is 0 Å². The third-order valence-corrected chi connectivity index (χ3v) is 7.23. The summed E-state index contributed by atoms with van der Waals surface area (Å²) < 4.78 is 2.74. The van der Waals surface area contributed by atoms with Gasteiger partial charge in [-0.25, -0.2) is 0 Å². The summed E-state index contributed by atoms with van der Waals surface area (Å²) in [7, 11) is -0.446. The molecule has 0 unspecified atom stereocenters. The Morgan fingerprint density at radius 3 is 1.35 bits per heavy atom. The summed E-state index contributed by atoms with van der Waals surface area (Å²) in [5, 5.41) is 4.19. The molecule has 0 N–H and O–H groups in total. The van der Waals surface area contributed by atoms with Gasteiger partial charge in [-0.15, -0.1) is 0 Å². The molecule has 0 amide bonds. The monoisotopic (exact) mass is 602 g/mol. The van der Waals surface area contributed by atoms with Crippen molar-refractivity contribution in [3.8, 4) is 10.1 Å². The van der Waals surface area contributed by atoms with E-state index < -0.39 is 7.92 Å². The molecule has 0 saturated carbocycles. The van der Waals surface area contributed by atoms with Crippen LogP contribution in [-0.4, -0.2) is 5.78 Å². The van der Waals surface area contributed by atoms with Crippen LogP contribution >= 0.6 is 7.92 Å². The summed E-state index contributed by atoms with van der Waals surface area (Å²) in [6.45, 7) is 1.55. The largest absolute Gasteiger partial charge is 0.0622 e. The number of carbonyl (C=O) groups is 1. The summed E-state index contributed by atoms with van der Waals surface area (Å²) >= 11 is 2.15. The van der Waals surface area contributed by atoms with E-state index in [2.05, 4.69) is 122 Å². The van der Waals surface area contributed by atoms with E-state index in [0.717, 1.165) is 11.1 Å². The van der Waals surface area contributed by atoms with Gasteiger partial charge >= 0.3 is 84.0 Å². The van der Waals surface area contributed by atoms with Crippen molar-refractivity contribution in [2.24, 2.45) is 0 Å². The van der Waals surface area contributed by atoms with Crippen molar-refractivity contribution in [1.29, 1.82) is 0 Å². The van der Waals surface area contributed by atoms with Gasteiger partial charge in [0.25, 0.3) is 0 Å². The van der Waals surface area contributed by atoms with Crippen LogP contribution in [0, 0.1) is 10.1 Å². The second-order valence-electron chi connectivity index (χ2n) is 6.68. The molecule has 0 aromatic heterocycles. The van der Waals surface area contributed by atoms with Crippen molar-refractivity contribution in [3.63, 3.8) is 0 Å². The zero-order valence-corrected chi connectivity index (χ0v) is 20.2. The first kappa shape index (κ1) is 23.0. The normalized spacial score (nSPS) is 9.81. The number of hydrogen-bond donors (Lipinski definition) is 0. The van der Waals surface area contributed by atoms with E-state index in [-0.39, 0.29) is 5.78 Å². The first-order valence-electron chi connectivity index (χ1n) is 9.83. The van der Waals surface area contributed by atoms with Crippen molar-refractivity contribution < 1.29 is 25.9 Å². The first-order valence-corrected chi connectivity index (χ1v) is 12.3. The molecule has 31 heavy (non-hydrogen) atoms. The molecule has 0 spiro atoms. The molecule has 4 rings (SSSR count). The van der Waals surface area contributed by atoms with E-state index in [1.807, 2.05) is 12.1 Å². The van der Waals surface area contributed by atoms with Crippen LogP contribution in [0.15, 0.2) is 115 Å². The Labute approximate surface area is 198 Å². The Bertz CT molecular complexity index is 1050. The van der Waals surface area contributed by atoms with E-state index in [1.165, 1.54) is 15.9 Å². The van der Waals surface area contributed by atoms with Gasteiger partial charge in [0.15, 0.2) is 0 Å². The second kappa shape index (κ2) is 12.2. The molecule has 0 saturated heterocycles. The average molecular weight is 602 g/mol. The minimum atomic E-state index is -0.446. The van der Waals surface area contributed by atoms with Crippen molar-refractivity contribution in [3.05, 3.63) is 126 Å². The van der Waals surface area contributed by atoms with E-state index in [1.54, 1.807) is 19.1 Å². The average Bonchev–Trinajstić information content (AvgIpc) is 2.82. The van der Waals surface area contributed by atoms with Crippen LogP contribution in [-0.2, 0) is 21.1 Å². The summed E-state index contributed by atoms with van der Waals surface area (Å²) in [6, 6.07) is 39.6. The van der Waals surface area contributed by atoms with Crippen molar-refractivity contribution >= 4 is 29.6 Å². The zero-order chi connectivity index (χ0) is 21.9. The molecule has 0 aliphatic carbocycles. The van der Waals surface area contributed by atoms with Crippen LogP contribution in [0.1, 0.15) is 22.8 Å². The molecule has 0 fully saturated rings. The van der Waals surface area contributed by atoms with Crippen LogP contribution < -0.4 is 15.9 Å². The minimum absolute atomic E-state index is 0.0854. The predicted octanol–water partition coefficient (Wildman–Crippen LogP) is 5.19. The summed E-state index contributed by atoms with van der Waals surface area (Å²) in [5.41, 5.74) is 1.66. The molecule has 0 radical (unpaired) electrons. The Kier molecular flexibility index (Phi) is 9.04. The number of benzene rings is 4. The second-order valence-corrected chi connectivity index (χ2v) is 9.44. The van der Waals surface area contributed by atoms with Gasteiger partial charge in [-0.05, 0) is 23.8 Å². The van der Waals surface area contributed by atoms with Crippen molar-refractivity contribution in [2.45, 2.75) is 6.92 Å². The smallest absolute Gasteiger partial charge is 0.0134 e. The van der Waals surface area contributed by atoms with Gasteiger partial charge in [0.1, 0.15) is 0 Å². The van der Waals surface area contributed by atoms with Crippen LogP contribution in [0.4, 0.5) is 0 Å². The molecule has 156 valence electrons. The van der Waals surface area contributed by atoms with Crippen molar-refractivity contribution in [1.82, 2.24) is 0 Å². The topological polar surface area (TPSA) is 17.1 Å². The van der Waals surface area contributed by atoms with Gasteiger partial charge in [-0.1, -0.05) is 91.0 Å². The van der Waals surface area contributed by atoms with E-state index in [9.17, 15) is 4.79 Å². The zero-order valence-electron chi connectivity index (χ0n) is 17.1. The molecule has 4 aromatic rings. The number of carbonyl (C=O) groups excluding carboxylic acids is 1. The third kappa shape index (κ3) is 6.90. The van der Waals surface area contributed by atoms with Gasteiger partial charge in [-0.3, -0.25) is 0 Å². The van der Waals surface area contributed by atoms with Gasteiger partial charge in [0.05, 0.1) is 0 Å². The Morgan fingerprint density at radius 2 is 1.03 bits per heavy atom. The molecule has 4 aromatic carbocycles. The Morgan fingerprint density at radius 1 is 0.645 bits per heavy atom. The number of Topliss-reactive ketones (excluding diaryl/α,β-unsaturated/α-hetero) is 1. The van der Waals surface area contributed by atoms with Crippen LogP contribution in [0.2, 0.25) is 0 Å². The molecule has 1 nitrogen and oxygen atoms in total. The molecule has 0 bridgehead atoms. The molecule has 3 heteroatoms. The standard InChI is InChI=1S/C18H15P.C10H7O.Au/c1-4-10-16(11-5-1)19(17-12-6-2-7-13-17)18-14-8-3-9-15-18;1-3-9-4-6-10(7-5-9)8(2)11;/h1-15H;4-7H,2H3;. The summed E-state index contributed by atoms with van der Waals surface area (Å²) in [4.78, 5) is 10.9. The Balaban J connectivity index is 0.000000196. The third-order valence-electron chi connectivity index (χ3n) is 4.52. The van der Waals surface area contributed by atoms with Crippen LogP contribution in [0.25, 0.3) is 0 Å². The molecular weight excluding hydrogens is 580 g/mol.